The summed E-state index contributed by atoms with van der Waals surface area (Å²) in [6.07, 6.45) is 5.23. The number of fused-ring (bicyclic) bond motifs is 1. The van der Waals surface area contributed by atoms with E-state index in [1.165, 1.54) is 12.1 Å². The maximum atomic E-state index is 11.0. The second-order valence-corrected chi connectivity index (χ2v) is 5.69. The number of carbonyl (C=O) groups is 1. The van der Waals surface area contributed by atoms with Crippen LogP contribution in [0.5, 0.6) is 5.75 Å². The lowest BCUT2D eigenvalue weighted by Gasteiger charge is -2.10. The third kappa shape index (κ3) is 3.13. The van der Waals surface area contributed by atoms with E-state index in [1.54, 1.807) is 24.4 Å². The Hall–Kier alpha value is -3.66. The van der Waals surface area contributed by atoms with Gasteiger partial charge in [0.05, 0.1) is 5.69 Å². The molecule has 0 aliphatic carbocycles. The van der Waals surface area contributed by atoms with Crippen LogP contribution in [-0.4, -0.2) is 22.4 Å². The van der Waals surface area contributed by atoms with Crippen LogP contribution in [0.15, 0.2) is 66.7 Å². The number of carboxylic acid groups (broad SMARTS) is 1. The van der Waals surface area contributed by atoms with Crippen molar-refractivity contribution in [1.82, 2.24) is 0 Å². The molecule has 0 saturated carbocycles. The van der Waals surface area contributed by atoms with Gasteiger partial charge in [0, 0.05) is 17.8 Å². The number of aromatic carboxylic acids is 1. The predicted molar refractivity (Wildman–Crippen MR) is 106 cm³/mol. The fourth-order valence-electron chi connectivity index (χ4n) is 2.87. The van der Waals surface area contributed by atoms with Crippen molar-refractivity contribution >= 4 is 40.8 Å². The van der Waals surface area contributed by atoms with Crippen molar-refractivity contribution < 1.29 is 15.0 Å². The minimum absolute atomic E-state index is 0.158. The van der Waals surface area contributed by atoms with Crippen LogP contribution in [0.3, 0.4) is 0 Å². The third-order valence-corrected chi connectivity index (χ3v) is 4.14. The highest BCUT2D eigenvalue weighted by atomic mass is 16.4. The summed E-state index contributed by atoms with van der Waals surface area (Å²) in [5, 5.41) is 20.9. The molecule has 26 heavy (non-hydrogen) atoms. The van der Waals surface area contributed by atoms with Crippen molar-refractivity contribution in [2.45, 2.75) is 0 Å². The molecule has 0 saturated heterocycles. The second-order valence-electron chi connectivity index (χ2n) is 5.69. The number of hydrogen-bond donors (Lipinski definition) is 2. The number of nitrogens with zero attached hydrogens (tertiary/aromatic N) is 1. The van der Waals surface area contributed by atoms with Gasteiger partial charge in [-0.05, 0) is 40.1 Å². The van der Waals surface area contributed by atoms with E-state index in [1.807, 2.05) is 30.3 Å². The molecule has 0 aromatic heterocycles. The molecule has 0 bridgehead atoms. The average molecular weight is 343 g/mol. The Morgan fingerprint density at radius 1 is 1.00 bits per heavy atom. The zero-order valence-electron chi connectivity index (χ0n) is 14.0. The molecule has 0 unspecified atom stereocenters. The van der Waals surface area contributed by atoms with Crippen molar-refractivity contribution in [3.63, 3.8) is 0 Å². The monoisotopic (exact) mass is 343 g/mol. The molecule has 0 aliphatic heterocycles. The third-order valence-electron chi connectivity index (χ3n) is 4.14. The number of benzene rings is 3. The molecule has 0 fully saturated rings. The number of hydrogen-bond acceptors (Lipinski definition) is 3. The molecule has 4 nitrogen and oxygen atoms in total. The van der Waals surface area contributed by atoms with E-state index in [9.17, 15) is 9.90 Å². The maximum absolute atomic E-state index is 11.0. The summed E-state index contributed by atoms with van der Waals surface area (Å²) in [6, 6.07) is 14.2. The summed E-state index contributed by atoms with van der Waals surface area (Å²) < 4.78 is 0. The van der Waals surface area contributed by atoms with E-state index in [2.05, 4.69) is 18.2 Å². The molecule has 0 radical (unpaired) electrons. The largest absolute Gasteiger partial charge is 0.507 e. The number of rotatable bonds is 5. The molecule has 2 N–H and O–H groups in total. The first-order valence-electron chi connectivity index (χ1n) is 7.96. The Bertz CT molecular complexity index is 1060. The quantitative estimate of drug-likeness (QED) is 0.619. The Kier molecular flexibility index (Phi) is 4.67. The van der Waals surface area contributed by atoms with Gasteiger partial charge in [-0.3, -0.25) is 4.99 Å². The van der Waals surface area contributed by atoms with Gasteiger partial charge in [0.2, 0.25) is 0 Å². The second kappa shape index (κ2) is 7.07. The molecule has 0 heterocycles. The molecule has 3 rings (SSSR count). The SMILES string of the molecule is C=Cc1cc2ccccc2c(C=Nc2ccc(C(=O)O)c(O)c2)c1C=C. The fourth-order valence-corrected chi connectivity index (χ4v) is 2.87. The van der Waals surface area contributed by atoms with E-state index in [0.29, 0.717) is 5.69 Å². The normalized spacial score (nSPS) is 10.9. The molecular formula is C22H17NO3. The lowest BCUT2D eigenvalue weighted by Crippen LogP contribution is -1.96. The van der Waals surface area contributed by atoms with Gasteiger partial charge in [0.25, 0.3) is 0 Å². The van der Waals surface area contributed by atoms with Crippen molar-refractivity contribution in [3.05, 3.63) is 83.9 Å². The fraction of sp³-hybridized carbons (Fsp3) is 0. The smallest absolute Gasteiger partial charge is 0.339 e. The van der Waals surface area contributed by atoms with Crippen LogP contribution in [-0.2, 0) is 0 Å². The van der Waals surface area contributed by atoms with E-state index < -0.39 is 5.97 Å². The van der Waals surface area contributed by atoms with Gasteiger partial charge in [-0.2, -0.15) is 0 Å². The summed E-state index contributed by atoms with van der Waals surface area (Å²) >= 11 is 0. The van der Waals surface area contributed by atoms with E-state index in [4.69, 9.17) is 5.11 Å². The van der Waals surface area contributed by atoms with Crippen LogP contribution in [0.2, 0.25) is 0 Å². The predicted octanol–water partition coefficient (Wildman–Crippen LogP) is 5.28. The van der Waals surface area contributed by atoms with Crippen molar-refractivity contribution in [2.24, 2.45) is 4.99 Å². The van der Waals surface area contributed by atoms with E-state index >= 15 is 0 Å². The Morgan fingerprint density at radius 3 is 2.42 bits per heavy atom. The van der Waals surface area contributed by atoms with Gasteiger partial charge in [0.1, 0.15) is 11.3 Å². The van der Waals surface area contributed by atoms with Crippen LogP contribution in [0.4, 0.5) is 5.69 Å². The number of phenols is 1. The minimum atomic E-state index is -1.18. The molecule has 128 valence electrons. The number of carboxylic acids is 1. The Balaban J connectivity index is 2.14. The van der Waals surface area contributed by atoms with Crippen LogP contribution < -0.4 is 0 Å². The topological polar surface area (TPSA) is 69.9 Å². The molecule has 4 heteroatoms. The van der Waals surface area contributed by atoms with E-state index in [0.717, 1.165) is 27.5 Å². The summed E-state index contributed by atoms with van der Waals surface area (Å²) in [5.74, 6) is -1.50. The molecule has 0 aliphatic rings. The van der Waals surface area contributed by atoms with Crippen molar-refractivity contribution in [1.29, 1.82) is 0 Å². The molecule has 0 atom stereocenters. The number of aliphatic imine (C=N–C) groups is 1. The van der Waals surface area contributed by atoms with Gasteiger partial charge in [-0.25, -0.2) is 4.79 Å². The number of aromatic hydroxyl groups is 1. The highest BCUT2D eigenvalue weighted by molar-refractivity contribution is 6.05. The van der Waals surface area contributed by atoms with Gasteiger partial charge in [0.15, 0.2) is 0 Å². The summed E-state index contributed by atoms with van der Waals surface area (Å²) in [5.41, 5.74) is 3.04. The summed E-state index contributed by atoms with van der Waals surface area (Å²) in [7, 11) is 0. The first-order chi connectivity index (χ1) is 12.5. The van der Waals surface area contributed by atoms with Crippen LogP contribution in [0.25, 0.3) is 22.9 Å². The van der Waals surface area contributed by atoms with Gasteiger partial charge >= 0.3 is 5.97 Å². The first-order valence-corrected chi connectivity index (χ1v) is 7.96. The minimum Gasteiger partial charge on any atom is -0.507 e. The van der Waals surface area contributed by atoms with Crippen LogP contribution >= 0.6 is 0 Å². The highest BCUT2D eigenvalue weighted by Gasteiger charge is 2.10. The first kappa shape index (κ1) is 17.2. The lowest BCUT2D eigenvalue weighted by molar-refractivity contribution is 0.0694. The average Bonchev–Trinajstić information content (AvgIpc) is 2.64. The maximum Gasteiger partial charge on any atom is 0.339 e. The van der Waals surface area contributed by atoms with Crippen LogP contribution in [0, 0.1) is 0 Å². The zero-order valence-corrected chi connectivity index (χ0v) is 14.0. The zero-order chi connectivity index (χ0) is 18.7. The molecule has 3 aromatic rings. The van der Waals surface area contributed by atoms with Gasteiger partial charge in [-0.1, -0.05) is 49.6 Å². The van der Waals surface area contributed by atoms with E-state index in [-0.39, 0.29) is 11.3 Å². The summed E-state index contributed by atoms with van der Waals surface area (Å²) in [6.45, 7) is 7.76. The lowest BCUT2D eigenvalue weighted by atomic mass is 9.94. The van der Waals surface area contributed by atoms with Gasteiger partial charge < -0.3 is 10.2 Å². The highest BCUT2D eigenvalue weighted by Crippen LogP contribution is 2.28. The van der Waals surface area contributed by atoms with Crippen molar-refractivity contribution in [2.75, 3.05) is 0 Å². The molecule has 3 aromatic carbocycles. The Labute approximate surface area is 151 Å². The van der Waals surface area contributed by atoms with Gasteiger partial charge in [-0.15, -0.1) is 0 Å². The van der Waals surface area contributed by atoms with Crippen LogP contribution in [0.1, 0.15) is 27.0 Å². The molecule has 0 amide bonds. The van der Waals surface area contributed by atoms with Crippen molar-refractivity contribution in [3.8, 4) is 5.75 Å². The summed E-state index contributed by atoms with van der Waals surface area (Å²) in [4.78, 5) is 15.4. The molecule has 0 spiro atoms. The standard InChI is InChI=1S/C22H17NO3/c1-3-14-11-15-7-5-6-8-18(15)20(17(14)4-2)13-23-16-9-10-19(22(25)26)21(24)12-16/h3-13,24H,1-2H2,(H,25,26). The Morgan fingerprint density at radius 2 is 1.77 bits per heavy atom. The molecular weight excluding hydrogens is 326 g/mol.